The highest BCUT2D eigenvalue weighted by atomic mass is 79.9. The van der Waals surface area contributed by atoms with Gasteiger partial charge in [-0.15, -0.1) is 0 Å². The molecule has 1 fully saturated rings. The normalized spacial score (nSPS) is 19.0. The van der Waals surface area contributed by atoms with E-state index in [1.54, 1.807) is 53.4 Å². The quantitative estimate of drug-likeness (QED) is 0.199. The summed E-state index contributed by atoms with van der Waals surface area (Å²) >= 11 is 3.38. The van der Waals surface area contributed by atoms with Crippen molar-refractivity contribution in [3.63, 3.8) is 0 Å². The Morgan fingerprint density at radius 1 is 0.886 bits per heavy atom. The van der Waals surface area contributed by atoms with Crippen molar-refractivity contribution in [3.05, 3.63) is 98.0 Å². The monoisotopic (exact) mass is 535 g/mol. The van der Waals surface area contributed by atoms with E-state index in [2.05, 4.69) is 15.9 Å². The molecule has 0 unspecified atom stereocenters. The zero-order valence-corrected chi connectivity index (χ0v) is 20.0. The minimum absolute atomic E-state index is 0.0425. The van der Waals surface area contributed by atoms with Gasteiger partial charge in [0.25, 0.3) is 23.4 Å². The number of nitro benzene ring substituents is 1. The maximum absolute atomic E-state index is 13.4. The molecule has 1 saturated heterocycles. The van der Waals surface area contributed by atoms with Gasteiger partial charge in [0.15, 0.2) is 0 Å². The minimum atomic E-state index is -1.09. The molecule has 0 aromatic heterocycles. The molecule has 3 aromatic rings. The van der Waals surface area contributed by atoms with Crippen molar-refractivity contribution < 1.29 is 24.0 Å². The van der Waals surface area contributed by atoms with Crippen LogP contribution in [0.15, 0.2) is 71.2 Å². The molecule has 2 atom stereocenters. The third-order valence-corrected chi connectivity index (χ3v) is 6.62. The predicted octanol–water partition coefficient (Wildman–Crippen LogP) is 4.51. The fourth-order valence-corrected chi connectivity index (χ4v) is 4.75. The van der Waals surface area contributed by atoms with Crippen LogP contribution in [0.25, 0.3) is 0 Å². The predicted molar refractivity (Wildman–Crippen MR) is 129 cm³/mol. The summed E-state index contributed by atoms with van der Waals surface area (Å²) in [7, 11) is 0. The van der Waals surface area contributed by atoms with Gasteiger partial charge in [0.1, 0.15) is 11.8 Å². The van der Waals surface area contributed by atoms with Crippen molar-refractivity contribution in [1.82, 2.24) is 4.90 Å². The van der Waals surface area contributed by atoms with E-state index >= 15 is 0 Å². The Labute approximate surface area is 208 Å². The lowest BCUT2D eigenvalue weighted by Gasteiger charge is -2.49. The number of fused-ring (bicyclic) bond motifs is 1. The number of non-ortho nitro benzene ring substituents is 1. The molecule has 0 radical (unpaired) electrons. The number of nitrogens with zero attached hydrogens (tertiary/aromatic N) is 3. The first kappa shape index (κ1) is 22.7. The number of nitro groups is 1. The second kappa shape index (κ2) is 8.62. The van der Waals surface area contributed by atoms with Crippen molar-refractivity contribution in [2.45, 2.75) is 19.0 Å². The van der Waals surface area contributed by atoms with Crippen LogP contribution in [0.5, 0.6) is 5.75 Å². The molecule has 0 saturated carbocycles. The number of β-lactam (4-membered cyclic amide) rings is 1. The first-order chi connectivity index (χ1) is 16.8. The van der Waals surface area contributed by atoms with Gasteiger partial charge >= 0.3 is 0 Å². The second-order valence-electron chi connectivity index (χ2n) is 8.04. The number of imide groups is 1. The van der Waals surface area contributed by atoms with Crippen molar-refractivity contribution >= 4 is 45.0 Å². The lowest BCUT2D eigenvalue weighted by molar-refractivity contribution is -0.384. The summed E-state index contributed by atoms with van der Waals surface area (Å²) in [5, 5.41) is 11.2. The maximum atomic E-state index is 13.4. The first-order valence-electron chi connectivity index (χ1n) is 10.8. The maximum Gasteiger partial charge on any atom is 0.270 e. The SMILES string of the molecule is CCOc1ccc([C@@H]2[C@H](N3C(=O)c4ccc([N+](=O)[O-])cc4C3=O)C(=O)N2c2ccc(Br)cc2)cc1. The first-order valence-corrected chi connectivity index (χ1v) is 11.6. The molecular formula is C25H18BrN3O6. The summed E-state index contributed by atoms with van der Waals surface area (Å²) in [6.45, 7) is 2.37. The largest absolute Gasteiger partial charge is 0.494 e. The van der Waals surface area contributed by atoms with Gasteiger partial charge in [-0.05, 0) is 55.0 Å². The van der Waals surface area contributed by atoms with Gasteiger partial charge in [-0.3, -0.25) is 29.4 Å². The molecule has 0 N–H and O–H groups in total. The molecule has 35 heavy (non-hydrogen) atoms. The molecule has 2 heterocycles. The van der Waals surface area contributed by atoms with Crippen LogP contribution in [-0.2, 0) is 4.79 Å². The average Bonchev–Trinajstić information content (AvgIpc) is 3.09. The number of amides is 3. The van der Waals surface area contributed by atoms with Crippen LogP contribution in [-0.4, -0.2) is 40.2 Å². The number of hydrogen-bond acceptors (Lipinski definition) is 6. The molecular weight excluding hydrogens is 518 g/mol. The van der Waals surface area contributed by atoms with Crippen LogP contribution in [0.3, 0.4) is 0 Å². The fraction of sp³-hybridized carbons (Fsp3) is 0.160. The lowest BCUT2D eigenvalue weighted by Crippen LogP contribution is -2.67. The van der Waals surface area contributed by atoms with Gasteiger partial charge in [-0.25, -0.2) is 0 Å². The van der Waals surface area contributed by atoms with E-state index < -0.39 is 34.7 Å². The zero-order chi connectivity index (χ0) is 24.9. The molecule has 0 aliphatic carbocycles. The van der Waals surface area contributed by atoms with Crippen LogP contribution >= 0.6 is 15.9 Å². The molecule has 5 rings (SSSR count). The number of anilines is 1. The number of rotatable bonds is 6. The number of carbonyl (C=O) groups is 3. The van der Waals surface area contributed by atoms with Crippen LogP contribution in [0, 0.1) is 10.1 Å². The van der Waals surface area contributed by atoms with Crippen molar-refractivity contribution in [2.75, 3.05) is 11.5 Å². The number of benzene rings is 3. The lowest BCUT2D eigenvalue weighted by atomic mass is 9.86. The van der Waals surface area contributed by atoms with Gasteiger partial charge in [0.2, 0.25) is 0 Å². The molecule has 2 aliphatic heterocycles. The zero-order valence-electron chi connectivity index (χ0n) is 18.4. The molecule has 9 nitrogen and oxygen atoms in total. The van der Waals surface area contributed by atoms with E-state index in [1.807, 2.05) is 6.92 Å². The van der Waals surface area contributed by atoms with Crippen LogP contribution in [0.1, 0.15) is 39.2 Å². The van der Waals surface area contributed by atoms with E-state index in [-0.39, 0.29) is 16.8 Å². The van der Waals surface area contributed by atoms with Crippen LogP contribution < -0.4 is 9.64 Å². The summed E-state index contributed by atoms with van der Waals surface area (Å²) in [5.41, 5.74) is 0.987. The van der Waals surface area contributed by atoms with Crippen LogP contribution in [0.2, 0.25) is 0 Å². The summed E-state index contributed by atoms with van der Waals surface area (Å²) in [5.74, 6) is -1.14. The number of ether oxygens (including phenoxy) is 1. The number of carbonyl (C=O) groups excluding carboxylic acids is 3. The van der Waals surface area contributed by atoms with Crippen molar-refractivity contribution in [3.8, 4) is 5.75 Å². The third kappa shape index (κ3) is 3.66. The smallest absolute Gasteiger partial charge is 0.270 e. The molecule has 0 spiro atoms. The van der Waals surface area contributed by atoms with Gasteiger partial charge in [-0.2, -0.15) is 0 Å². The Kier molecular flexibility index (Phi) is 5.60. The van der Waals surface area contributed by atoms with Gasteiger partial charge < -0.3 is 9.64 Å². The van der Waals surface area contributed by atoms with Gasteiger partial charge in [0.05, 0.1) is 28.7 Å². The highest BCUT2D eigenvalue weighted by Crippen LogP contribution is 2.45. The summed E-state index contributed by atoms with van der Waals surface area (Å²) in [6, 6.07) is 16.0. The summed E-state index contributed by atoms with van der Waals surface area (Å²) in [4.78, 5) is 52.9. The van der Waals surface area contributed by atoms with Gasteiger partial charge in [-0.1, -0.05) is 28.1 Å². The Bertz CT molecular complexity index is 1370. The third-order valence-electron chi connectivity index (χ3n) is 6.10. The Hall–Kier alpha value is -4.05. The fourth-order valence-electron chi connectivity index (χ4n) is 4.49. The second-order valence-corrected chi connectivity index (χ2v) is 8.96. The highest BCUT2D eigenvalue weighted by molar-refractivity contribution is 9.10. The van der Waals surface area contributed by atoms with E-state index in [1.165, 1.54) is 12.1 Å². The van der Waals surface area contributed by atoms with Gasteiger partial charge in [0, 0.05) is 22.3 Å². The van der Waals surface area contributed by atoms with E-state index in [4.69, 9.17) is 4.74 Å². The Balaban J connectivity index is 1.55. The summed E-state index contributed by atoms with van der Waals surface area (Å²) < 4.78 is 6.35. The molecule has 2 aliphatic rings. The van der Waals surface area contributed by atoms with Crippen LogP contribution in [0.4, 0.5) is 11.4 Å². The highest BCUT2D eigenvalue weighted by Gasteiger charge is 2.57. The topological polar surface area (TPSA) is 110 Å². The van der Waals surface area contributed by atoms with E-state index in [0.717, 1.165) is 15.4 Å². The van der Waals surface area contributed by atoms with Crippen molar-refractivity contribution in [2.24, 2.45) is 0 Å². The Morgan fingerprint density at radius 2 is 1.54 bits per heavy atom. The number of halogens is 1. The van der Waals surface area contributed by atoms with E-state index in [0.29, 0.717) is 23.6 Å². The average molecular weight is 536 g/mol. The van der Waals surface area contributed by atoms with Crippen molar-refractivity contribution in [1.29, 1.82) is 0 Å². The van der Waals surface area contributed by atoms with E-state index in [9.17, 15) is 24.5 Å². The molecule has 3 amide bonds. The Morgan fingerprint density at radius 3 is 2.17 bits per heavy atom. The number of hydrogen-bond donors (Lipinski definition) is 0. The molecule has 10 heteroatoms. The summed E-state index contributed by atoms with van der Waals surface area (Å²) in [6.07, 6.45) is 0. The standard InChI is InChI=1S/C25H18BrN3O6/c1-2-35-18-10-3-14(4-11-18)21-22(25(32)27(21)16-7-5-15(26)6-8-16)28-23(30)19-12-9-17(29(33)34)13-20(19)24(28)31/h3-13,21-22H,2H2,1H3/t21-,22+/m1/s1. The molecule has 176 valence electrons. The minimum Gasteiger partial charge on any atom is -0.494 e. The molecule has 0 bridgehead atoms. The molecule has 3 aromatic carbocycles.